The number of ether oxygens (including phenoxy) is 2. The Bertz CT molecular complexity index is 682. The number of amides is 1. The maximum atomic E-state index is 12.0. The minimum atomic E-state index is -0.0405. The fourth-order valence-electron chi connectivity index (χ4n) is 2.27. The highest BCUT2D eigenvalue weighted by atomic mass is 16.5. The van der Waals surface area contributed by atoms with Crippen molar-refractivity contribution in [3.05, 3.63) is 48.0 Å². The smallest absolute Gasteiger partial charge is 0.224 e. The van der Waals surface area contributed by atoms with Crippen molar-refractivity contribution in [2.75, 3.05) is 18.2 Å². The van der Waals surface area contributed by atoms with Crippen molar-refractivity contribution >= 4 is 17.3 Å². The molecule has 0 saturated carbocycles. The van der Waals surface area contributed by atoms with Crippen molar-refractivity contribution in [2.24, 2.45) is 0 Å². The van der Waals surface area contributed by atoms with E-state index < -0.39 is 0 Å². The van der Waals surface area contributed by atoms with Crippen LogP contribution in [0.1, 0.15) is 25.8 Å². The van der Waals surface area contributed by atoms with E-state index in [1.54, 1.807) is 7.11 Å². The van der Waals surface area contributed by atoms with Crippen LogP contribution in [0.4, 0.5) is 11.4 Å². The number of nitrogens with two attached hydrogens (primary N) is 1. The number of aryl methyl sites for hydroxylation is 1. The highest BCUT2D eigenvalue weighted by Gasteiger charge is 2.07. The van der Waals surface area contributed by atoms with Gasteiger partial charge >= 0.3 is 0 Å². The summed E-state index contributed by atoms with van der Waals surface area (Å²) in [5, 5.41) is 2.87. The first kappa shape index (κ1) is 17.7. The number of anilines is 2. The van der Waals surface area contributed by atoms with Crippen molar-refractivity contribution in [2.45, 2.75) is 32.8 Å². The van der Waals surface area contributed by atoms with Gasteiger partial charge in [0.2, 0.25) is 5.91 Å². The lowest BCUT2D eigenvalue weighted by molar-refractivity contribution is -0.116. The summed E-state index contributed by atoms with van der Waals surface area (Å²) >= 11 is 0. The van der Waals surface area contributed by atoms with E-state index in [1.807, 2.05) is 56.3 Å². The minimum absolute atomic E-state index is 0.0405. The van der Waals surface area contributed by atoms with E-state index >= 15 is 0 Å². The topological polar surface area (TPSA) is 73.6 Å². The quantitative estimate of drug-likeness (QED) is 0.761. The summed E-state index contributed by atoms with van der Waals surface area (Å²) in [5.74, 6) is 1.39. The van der Waals surface area contributed by atoms with Crippen LogP contribution in [-0.2, 0) is 11.2 Å². The molecule has 0 fully saturated rings. The van der Waals surface area contributed by atoms with Crippen molar-refractivity contribution in [1.82, 2.24) is 0 Å². The number of carbonyl (C=O) groups is 1. The molecule has 0 aliphatic carbocycles. The summed E-state index contributed by atoms with van der Waals surface area (Å²) < 4.78 is 10.7. The number of carbonyl (C=O) groups excluding carboxylic acids is 1. The predicted octanol–water partition coefficient (Wildman–Crippen LogP) is 3.64. The van der Waals surface area contributed by atoms with E-state index in [0.29, 0.717) is 24.3 Å². The molecule has 0 heterocycles. The molecule has 0 unspecified atom stereocenters. The Hall–Kier alpha value is -2.69. The molecule has 5 heteroatoms. The molecule has 3 N–H and O–H groups in total. The van der Waals surface area contributed by atoms with Crippen LogP contribution in [0.2, 0.25) is 0 Å². The van der Waals surface area contributed by atoms with Crippen LogP contribution in [0, 0.1) is 0 Å². The number of rotatable bonds is 7. The molecule has 0 saturated heterocycles. The van der Waals surface area contributed by atoms with Crippen molar-refractivity contribution in [1.29, 1.82) is 0 Å². The molecule has 128 valence electrons. The Labute approximate surface area is 142 Å². The lowest BCUT2D eigenvalue weighted by Crippen LogP contribution is -2.12. The normalized spacial score (nSPS) is 10.5. The lowest BCUT2D eigenvalue weighted by Gasteiger charge is -2.13. The molecule has 2 aromatic rings. The number of nitrogen functional groups attached to an aromatic ring is 1. The van der Waals surface area contributed by atoms with Crippen LogP contribution in [0.5, 0.6) is 11.5 Å². The standard InChI is InChI=1S/C19H24N2O3/c1-13(2)24-18-10-4-14(12-17(18)20)5-11-19(22)21-15-6-8-16(23-3)9-7-15/h4,6-10,12-13H,5,11,20H2,1-3H3,(H,21,22). The van der Waals surface area contributed by atoms with E-state index in [2.05, 4.69) is 5.32 Å². The van der Waals surface area contributed by atoms with Crippen LogP contribution >= 0.6 is 0 Å². The molecule has 0 atom stereocenters. The third-order valence-corrected chi connectivity index (χ3v) is 3.45. The number of hydrogen-bond acceptors (Lipinski definition) is 4. The summed E-state index contributed by atoms with van der Waals surface area (Å²) in [7, 11) is 1.61. The Balaban J connectivity index is 1.87. The van der Waals surface area contributed by atoms with Gasteiger partial charge in [0.1, 0.15) is 11.5 Å². The van der Waals surface area contributed by atoms with Crippen LogP contribution in [0.25, 0.3) is 0 Å². The molecule has 1 amide bonds. The second-order valence-electron chi connectivity index (χ2n) is 5.82. The largest absolute Gasteiger partial charge is 0.497 e. The Morgan fingerprint density at radius 1 is 1.17 bits per heavy atom. The number of hydrogen-bond donors (Lipinski definition) is 2. The SMILES string of the molecule is COc1ccc(NC(=O)CCc2ccc(OC(C)C)c(N)c2)cc1. The zero-order valence-corrected chi connectivity index (χ0v) is 14.3. The van der Waals surface area contributed by atoms with Gasteiger partial charge in [-0.2, -0.15) is 0 Å². The molecule has 0 aliphatic heterocycles. The first-order valence-corrected chi connectivity index (χ1v) is 7.97. The van der Waals surface area contributed by atoms with Crippen LogP contribution in [0.15, 0.2) is 42.5 Å². The molecule has 2 aromatic carbocycles. The fourth-order valence-corrected chi connectivity index (χ4v) is 2.27. The Morgan fingerprint density at radius 3 is 2.46 bits per heavy atom. The summed E-state index contributed by atoms with van der Waals surface area (Å²) in [6.45, 7) is 3.91. The minimum Gasteiger partial charge on any atom is -0.497 e. The highest BCUT2D eigenvalue weighted by molar-refractivity contribution is 5.90. The van der Waals surface area contributed by atoms with E-state index in [1.165, 1.54) is 0 Å². The maximum absolute atomic E-state index is 12.0. The summed E-state index contributed by atoms with van der Waals surface area (Å²) in [6.07, 6.45) is 1.08. The van der Waals surface area contributed by atoms with Crippen molar-refractivity contribution in [3.8, 4) is 11.5 Å². The van der Waals surface area contributed by atoms with Crippen LogP contribution in [0.3, 0.4) is 0 Å². The van der Waals surface area contributed by atoms with Gasteiger partial charge in [-0.15, -0.1) is 0 Å². The first-order valence-electron chi connectivity index (χ1n) is 7.97. The molecular formula is C19H24N2O3. The maximum Gasteiger partial charge on any atom is 0.224 e. The molecule has 0 aromatic heterocycles. The molecule has 2 rings (SSSR count). The summed E-state index contributed by atoms with van der Waals surface area (Å²) in [6, 6.07) is 12.9. The van der Waals surface area contributed by atoms with E-state index in [9.17, 15) is 4.79 Å². The average molecular weight is 328 g/mol. The van der Waals surface area contributed by atoms with Gasteiger partial charge in [0.25, 0.3) is 0 Å². The summed E-state index contributed by atoms with van der Waals surface area (Å²) in [4.78, 5) is 12.0. The fraction of sp³-hybridized carbons (Fsp3) is 0.316. The molecule has 24 heavy (non-hydrogen) atoms. The van der Waals surface area contributed by atoms with E-state index in [0.717, 1.165) is 17.0 Å². The van der Waals surface area contributed by atoms with Crippen molar-refractivity contribution < 1.29 is 14.3 Å². The molecule has 0 bridgehead atoms. The van der Waals surface area contributed by atoms with Gasteiger partial charge in [0.15, 0.2) is 0 Å². The van der Waals surface area contributed by atoms with Gasteiger partial charge in [-0.25, -0.2) is 0 Å². The van der Waals surface area contributed by atoms with E-state index in [-0.39, 0.29) is 12.0 Å². The molecule has 0 spiro atoms. The predicted molar refractivity (Wildman–Crippen MR) is 96.6 cm³/mol. The molecule has 5 nitrogen and oxygen atoms in total. The van der Waals surface area contributed by atoms with E-state index in [4.69, 9.17) is 15.2 Å². The third kappa shape index (κ3) is 5.19. The number of nitrogens with one attached hydrogen (secondary N) is 1. The van der Waals surface area contributed by atoms with Crippen LogP contribution in [-0.4, -0.2) is 19.1 Å². The molecular weight excluding hydrogens is 304 g/mol. The van der Waals surface area contributed by atoms with Gasteiger partial charge in [0, 0.05) is 12.1 Å². The number of benzene rings is 2. The second-order valence-corrected chi connectivity index (χ2v) is 5.82. The Morgan fingerprint density at radius 2 is 1.88 bits per heavy atom. The first-order chi connectivity index (χ1) is 11.5. The monoisotopic (exact) mass is 328 g/mol. The summed E-state index contributed by atoms with van der Waals surface area (Å²) in [5.41, 5.74) is 8.34. The molecule has 0 radical (unpaired) electrons. The van der Waals surface area contributed by atoms with Gasteiger partial charge in [-0.05, 0) is 62.2 Å². The van der Waals surface area contributed by atoms with Gasteiger partial charge < -0.3 is 20.5 Å². The Kier molecular flexibility index (Phi) is 6.07. The second kappa shape index (κ2) is 8.24. The zero-order chi connectivity index (χ0) is 17.5. The lowest BCUT2D eigenvalue weighted by atomic mass is 10.1. The number of methoxy groups -OCH3 is 1. The zero-order valence-electron chi connectivity index (χ0n) is 14.3. The van der Waals surface area contributed by atoms with Gasteiger partial charge in [-0.3, -0.25) is 4.79 Å². The van der Waals surface area contributed by atoms with Gasteiger partial charge in [0.05, 0.1) is 18.9 Å². The third-order valence-electron chi connectivity index (χ3n) is 3.45. The van der Waals surface area contributed by atoms with Crippen LogP contribution < -0.4 is 20.5 Å². The average Bonchev–Trinajstić information content (AvgIpc) is 2.55. The highest BCUT2D eigenvalue weighted by Crippen LogP contribution is 2.24. The van der Waals surface area contributed by atoms with Gasteiger partial charge in [-0.1, -0.05) is 6.07 Å². The molecule has 0 aliphatic rings. The van der Waals surface area contributed by atoms with Crippen molar-refractivity contribution in [3.63, 3.8) is 0 Å².